The molecule has 0 amide bonds. The van der Waals surface area contributed by atoms with Crippen molar-refractivity contribution in [1.82, 2.24) is 9.78 Å². The predicted octanol–water partition coefficient (Wildman–Crippen LogP) is 2.50. The molecule has 4 nitrogen and oxygen atoms in total. The second-order valence-electron chi connectivity index (χ2n) is 4.94. The third-order valence-electron chi connectivity index (χ3n) is 2.94. The van der Waals surface area contributed by atoms with E-state index in [1.807, 2.05) is 4.68 Å². The maximum atomic E-state index is 10.9. The molecule has 0 spiro atoms. The average Bonchev–Trinajstić information content (AvgIpc) is 2.95. The van der Waals surface area contributed by atoms with Gasteiger partial charge in [-0.25, -0.2) is 4.79 Å². The Kier molecular flexibility index (Phi) is 2.99. The van der Waals surface area contributed by atoms with E-state index in [0.717, 1.165) is 18.7 Å². The highest BCUT2D eigenvalue weighted by Gasteiger charge is 2.29. The lowest BCUT2D eigenvalue weighted by molar-refractivity contribution is 0.0689. The maximum absolute atomic E-state index is 10.9. The summed E-state index contributed by atoms with van der Waals surface area (Å²) in [6.45, 7) is 5.16. The van der Waals surface area contributed by atoms with E-state index in [4.69, 9.17) is 5.11 Å². The van der Waals surface area contributed by atoms with Gasteiger partial charge in [0.1, 0.15) is 0 Å². The van der Waals surface area contributed by atoms with E-state index in [9.17, 15) is 4.79 Å². The summed E-state index contributed by atoms with van der Waals surface area (Å²) in [7, 11) is 0. The monoisotopic (exact) mass is 222 g/mol. The molecule has 1 fully saturated rings. The van der Waals surface area contributed by atoms with Crippen LogP contribution >= 0.6 is 0 Å². The number of carboxylic acids is 1. The largest absolute Gasteiger partial charge is 0.476 e. The minimum absolute atomic E-state index is 0.186. The molecule has 0 unspecified atom stereocenters. The van der Waals surface area contributed by atoms with Gasteiger partial charge in [0, 0.05) is 18.2 Å². The molecule has 1 saturated carbocycles. The molecule has 0 aromatic carbocycles. The van der Waals surface area contributed by atoms with Gasteiger partial charge in [0.25, 0.3) is 0 Å². The zero-order valence-corrected chi connectivity index (χ0v) is 9.81. The Bertz CT molecular complexity index is 392. The van der Waals surface area contributed by atoms with Gasteiger partial charge in [-0.2, -0.15) is 5.10 Å². The minimum atomic E-state index is -0.926. The van der Waals surface area contributed by atoms with E-state index in [-0.39, 0.29) is 5.69 Å². The van der Waals surface area contributed by atoms with Gasteiger partial charge < -0.3 is 5.11 Å². The molecule has 4 heteroatoms. The number of aromatic carboxylic acids is 1. The first-order chi connectivity index (χ1) is 7.58. The van der Waals surface area contributed by atoms with Crippen molar-refractivity contribution in [2.45, 2.75) is 45.6 Å². The molecular formula is C12H18N2O2. The smallest absolute Gasteiger partial charge is 0.356 e. The molecule has 2 rings (SSSR count). The van der Waals surface area contributed by atoms with Crippen LogP contribution in [0.4, 0.5) is 0 Å². The highest BCUT2D eigenvalue weighted by Crippen LogP contribution is 2.40. The second kappa shape index (κ2) is 4.28. The fourth-order valence-corrected chi connectivity index (χ4v) is 1.80. The summed E-state index contributed by atoms with van der Waals surface area (Å²) in [6.07, 6.45) is 3.39. The van der Waals surface area contributed by atoms with Crippen LogP contribution in [0, 0.1) is 5.92 Å². The van der Waals surface area contributed by atoms with Crippen molar-refractivity contribution in [1.29, 1.82) is 0 Å². The molecule has 0 saturated heterocycles. The van der Waals surface area contributed by atoms with Gasteiger partial charge in [-0.1, -0.05) is 13.8 Å². The van der Waals surface area contributed by atoms with Crippen LogP contribution in [0.1, 0.15) is 55.2 Å². The highest BCUT2D eigenvalue weighted by atomic mass is 16.4. The number of carboxylic acid groups (broad SMARTS) is 1. The lowest BCUT2D eigenvalue weighted by atomic mass is 10.1. The van der Waals surface area contributed by atoms with E-state index in [0.29, 0.717) is 11.8 Å². The number of hydrogen-bond donors (Lipinski definition) is 1. The van der Waals surface area contributed by atoms with Crippen molar-refractivity contribution in [3.8, 4) is 0 Å². The normalized spacial score (nSPS) is 15.7. The molecule has 0 atom stereocenters. The van der Waals surface area contributed by atoms with Crippen LogP contribution in [0.25, 0.3) is 0 Å². The molecule has 1 aromatic heterocycles. The average molecular weight is 222 g/mol. The number of nitrogens with zero attached hydrogens (tertiary/aromatic N) is 2. The fourth-order valence-electron chi connectivity index (χ4n) is 1.80. The van der Waals surface area contributed by atoms with Crippen LogP contribution in [0.3, 0.4) is 0 Å². The van der Waals surface area contributed by atoms with E-state index in [2.05, 4.69) is 18.9 Å². The summed E-state index contributed by atoms with van der Waals surface area (Å²) in [6, 6.07) is 1.74. The van der Waals surface area contributed by atoms with Crippen LogP contribution in [0.2, 0.25) is 0 Å². The summed E-state index contributed by atoms with van der Waals surface area (Å²) in [5.74, 6) is 0.238. The molecule has 16 heavy (non-hydrogen) atoms. The summed E-state index contributed by atoms with van der Waals surface area (Å²) in [5, 5.41) is 13.1. The van der Waals surface area contributed by atoms with Gasteiger partial charge in [-0.05, 0) is 31.2 Å². The van der Waals surface area contributed by atoms with Crippen LogP contribution in [-0.2, 0) is 6.54 Å². The summed E-state index contributed by atoms with van der Waals surface area (Å²) in [4.78, 5) is 10.9. The topological polar surface area (TPSA) is 55.1 Å². The number of hydrogen-bond acceptors (Lipinski definition) is 2. The van der Waals surface area contributed by atoms with Gasteiger partial charge >= 0.3 is 5.97 Å². The van der Waals surface area contributed by atoms with E-state index >= 15 is 0 Å². The Morgan fingerprint density at radius 1 is 1.62 bits per heavy atom. The standard InChI is InChI=1S/C12H18N2O2/c1-8(2)5-6-14-11(9-3-4-9)7-10(13-14)12(15)16/h7-9H,3-6H2,1-2H3,(H,15,16). The molecule has 1 aromatic rings. The fraction of sp³-hybridized carbons (Fsp3) is 0.667. The second-order valence-corrected chi connectivity index (χ2v) is 4.94. The minimum Gasteiger partial charge on any atom is -0.476 e. The van der Waals surface area contributed by atoms with Crippen LogP contribution in [-0.4, -0.2) is 20.9 Å². The Morgan fingerprint density at radius 3 is 2.81 bits per heavy atom. The third kappa shape index (κ3) is 2.43. The lowest BCUT2D eigenvalue weighted by Crippen LogP contribution is -2.07. The van der Waals surface area contributed by atoms with Crippen molar-refractivity contribution in [3.63, 3.8) is 0 Å². The number of carbonyl (C=O) groups is 1. The number of rotatable bonds is 5. The number of aromatic nitrogens is 2. The van der Waals surface area contributed by atoms with Crippen molar-refractivity contribution < 1.29 is 9.90 Å². The van der Waals surface area contributed by atoms with Crippen molar-refractivity contribution in [2.24, 2.45) is 5.92 Å². The Balaban J connectivity index is 2.16. The number of aryl methyl sites for hydroxylation is 1. The quantitative estimate of drug-likeness (QED) is 0.832. The first kappa shape index (κ1) is 11.2. The van der Waals surface area contributed by atoms with Crippen molar-refractivity contribution in [2.75, 3.05) is 0 Å². The van der Waals surface area contributed by atoms with Crippen LogP contribution in [0.5, 0.6) is 0 Å². The van der Waals surface area contributed by atoms with E-state index < -0.39 is 5.97 Å². The van der Waals surface area contributed by atoms with Crippen molar-refractivity contribution >= 4 is 5.97 Å². The van der Waals surface area contributed by atoms with Crippen molar-refractivity contribution in [3.05, 3.63) is 17.5 Å². The third-order valence-corrected chi connectivity index (χ3v) is 2.94. The van der Waals surface area contributed by atoms with Crippen LogP contribution < -0.4 is 0 Å². The first-order valence-corrected chi connectivity index (χ1v) is 5.89. The molecule has 1 heterocycles. The van der Waals surface area contributed by atoms with E-state index in [1.165, 1.54) is 12.8 Å². The molecule has 1 aliphatic rings. The molecule has 0 bridgehead atoms. The molecular weight excluding hydrogens is 204 g/mol. The van der Waals surface area contributed by atoms with Gasteiger partial charge in [-0.3, -0.25) is 4.68 Å². The molecule has 1 aliphatic carbocycles. The summed E-state index contributed by atoms with van der Waals surface area (Å²) >= 11 is 0. The zero-order valence-electron chi connectivity index (χ0n) is 9.81. The molecule has 0 aliphatic heterocycles. The van der Waals surface area contributed by atoms with Gasteiger partial charge in [0.2, 0.25) is 0 Å². The summed E-state index contributed by atoms with van der Waals surface area (Å²) < 4.78 is 1.89. The van der Waals surface area contributed by atoms with Gasteiger partial charge in [0.15, 0.2) is 5.69 Å². The Labute approximate surface area is 95.3 Å². The zero-order chi connectivity index (χ0) is 11.7. The van der Waals surface area contributed by atoms with Crippen LogP contribution in [0.15, 0.2) is 6.07 Å². The Morgan fingerprint density at radius 2 is 2.31 bits per heavy atom. The molecule has 0 radical (unpaired) electrons. The SMILES string of the molecule is CC(C)CCn1nc(C(=O)O)cc1C1CC1. The molecule has 88 valence electrons. The van der Waals surface area contributed by atoms with Gasteiger partial charge in [0.05, 0.1) is 0 Å². The highest BCUT2D eigenvalue weighted by molar-refractivity contribution is 5.85. The summed E-state index contributed by atoms with van der Waals surface area (Å²) in [5.41, 5.74) is 1.30. The lowest BCUT2D eigenvalue weighted by Gasteiger charge is -2.08. The Hall–Kier alpha value is -1.32. The maximum Gasteiger partial charge on any atom is 0.356 e. The molecule has 1 N–H and O–H groups in total. The predicted molar refractivity (Wildman–Crippen MR) is 60.6 cm³/mol. The van der Waals surface area contributed by atoms with Gasteiger partial charge in [-0.15, -0.1) is 0 Å². The first-order valence-electron chi connectivity index (χ1n) is 5.89. The van der Waals surface area contributed by atoms with E-state index in [1.54, 1.807) is 6.07 Å².